The monoisotopic (exact) mass is 431 g/mol. The van der Waals surface area contributed by atoms with Gasteiger partial charge in [0.1, 0.15) is 0 Å². The van der Waals surface area contributed by atoms with Gasteiger partial charge in [-0.25, -0.2) is 0 Å². The molecule has 2 aromatic rings. The van der Waals surface area contributed by atoms with Crippen molar-refractivity contribution in [2.75, 3.05) is 88.0 Å². The van der Waals surface area contributed by atoms with E-state index in [1.807, 2.05) is 30.1 Å². The van der Waals surface area contributed by atoms with Crippen LogP contribution in [-0.4, -0.2) is 87.8 Å². The smallest absolute Gasteiger partial charge is 0.232 e. The number of ether oxygens (including phenoxy) is 3. The molecule has 3 N–H and O–H groups in total. The Kier molecular flexibility index (Phi) is 9.71. The van der Waals surface area contributed by atoms with Gasteiger partial charge in [-0.1, -0.05) is 30.3 Å². The third-order valence-corrected chi connectivity index (χ3v) is 4.67. The first-order valence-corrected chi connectivity index (χ1v) is 10.7. The summed E-state index contributed by atoms with van der Waals surface area (Å²) in [6.45, 7) is 6.83. The summed E-state index contributed by atoms with van der Waals surface area (Å²) in [5, 5.41) is 3.25. The van der Waals surface area contributed by atoms with Crippen LogP contribution in [0.4, 0.5) is 17.8 Å². The average molecular weight is 432 g/mol. The molecule has 1 aliphatic rings. The lowest BCUT2D eigenvalue weighted by Gasteiger charge is -2.28. The summed E-state index contributed by atoms with van der Waals surface area (Å²) >= 11 is 0. The zero-order valence-electron chi connectivity index (χ0n) is 18.2. The maximum Gasteiger partial charge on any atom is 0.232 e. The van der Waals surface area contributed by atoms with Crippen LogP contribution in [0.25, 0.3) is 0 Å². The van der Waals surface area contributed by atoms with Crippen LogP contribution in [0.3, 0.4) is 0 Å². The molecule has 0 bridgehead atoms. The Hall–Kier alpha value is -2.53. The van der Waals surface area contributed by atoms with E-state index in [4.69, 9.17) is 24.9 Å². The molecule has 10 nitrogen and oxygen atoms in total. The molecule has 170 valence electrons. The standard InChI is InChI=1S/C21H33N7O3/c1-27(17-18-5-3-2-4-6-18)20-24-19(23-8-12-30-16-15-29-11-7-22)25-21(26-20)28-9-13-31-14-10-28/h2-6H,7-17,22H2,1H3,(H,23,24,25,26). The van der Waals surface area contributed by atoms with Crippen LogP contribution in [0.15, 0.2) is 30.3 Å². The molecule has 10 heteroatoms. The average Bonchev–Trinajstić information content (AvgIpc) is 2.82. The van der Waals surface area contributed by atoms with Crippen molar-refractivity contribution in [1.82, 2.24) is 15.0 Å². The largest absolute Gasteiger partial charge is 0.378 e. The first-order chi connectivity index (χ1) is 15.3. The Morgan fingerprint density at radius 3 is 2.52 bits per heavy atom. The topological polar surface area (TPSA) is 111 Å². The molecule has 1 aromatic heterocycles. The normalized spacial score (nSPS) is 13.9. The van der Waals surface area contributed by atoms with Crippen molar-refractivity contribution in [2.45, 2.75) is 6.54 Å². The highest BCUT2D eigenvalue weighted by Gasteiger charge is 2.18. The van der Waals surface area contributed by atoms with E-state index in [-0.39, 0.29) is 0 Å². The summed E-state index contributed by atoms with van der Waals surface area (Å²) in [4.78, 5) is 18.1. The molecule has 0 radical (unpaired) electrons. The van der Waals surface area contributed by atoms with Crippen LogP contribution in [0, 0.1) is 0 Å². The summed E-state index contributed by atoms with van der Waals surface area (Å²) in [6, 6.07) is 10.3. The summed E-state index contributed by atoms with van der Waals surface area (Å²) in [7, 11) is 1.99. The quantitative estimate of drug-likeness (QED) is 0.441. The number of nitrogens with two attached hydrogens (primary N) is 1. The number of morpholine rings is 1. The number of hydrogen-bond acceptors (Lipinski definition) is 10. The molecule has 1 aliphatic heterocycles. The second kappa shape index (κ2) is 13.0. The molecule has 3 rings (SSSR count). The first kappa shape index (κ1) is 23.1. The molecule has 1 aromatic carbocycles. The lowest BCUT2D eigenvalue weighted by atomic mass is 10.2. The fourth-order valence-electron chi connectivity index (χ4n) is 3.08. The van der Waals surface area contributed by atoms with Gasteiger partial charge in [-0.2, -0.15) is 15.0 Å². The predicted molar refractivity (Wildman–Crippen MR) is 121 cm³/mol. The summed E-state index contributed by atoms with van der Waals surface area (Å²) in [5.74, 6) is 1.82. The molecule has 0 saturated carbocycles. The summed E-state index contributed by atoms with van der Waals surface area (Å²) < 4.78 is 16.3. The van der Waals surface area contributed by atoms with Gasteiger partial charge in [-0.05, 0) is 5.56 Å². The van der Waals surface area contributed by atoms with Gasteiger partial charge < -0.3 is 35.1 Å². The minimum Gasteiger partial charge on any atom is -0.378 e. The van der Waals surface area contributed by atoms with Gasteiger partial charge in [0.15, 0.2) is 0 Å². The molecule has 0 atom stereocenters. The third kappa shape index (κ3) is 7.91. The number of benzene rings is 1. The van der Waals surface area contributed by atoms with E-state index in [0.29, 0.717) is 77.1 Å². The second-order valence-corrected chi connectivity index (χ2v) is 7.14. The van der Waals surface area contributed by atoms with Crippen molar-refractivity contribution < 1.29 is 14.2 Å². The highest BCUT2D eigenvalue weighted by atomic mass is 16.5. The fraction of sp³-hybridized carbons (Fsp3) is 0.571. The second-order valence-electron chi connectivity index (χ2n) is 7.14. The van der Waals surface area contributed by atoms with Crippen LogP contribution >= 0.6 is 0 Å². The van der Waals surface area contributed by atoms with E-state index in [1.165, 1.54) is 5.56 Å². The zero-order chi connectivity index (χ0) is 21.7. The molecule has 31 heavy (non-hydrogen) atoms. The van der Waals surface area contributed by atoms with Crippen LogP contribution in [0.2, 0.25) is 0 Å². The Bertz CT molecular complexity index is 760. The van der Waals surface area contributed by atoms with Gasteiger partial charge in [-0.15, -0.1) is 0 Å². The van der Waals surface area contributed by atoms with Crippen molar-refractivity contribution in [3.8, 4) is 0 Å². The maximum atomic E-state index is 5.57. The van der Waals surface area contributed by atoms with Crippen molar-refractivity contribution in [2.24, 2.45) is 5.73 Å². The van der Waals surface area contributed by atoms with Gasteiger partial charge in [0.05, 0.1) is 39.6 Å². The number of nitrogens with zero attached hydrogens (tertiary/aromatic N) is 5. The number of hydrogen-bond donors (Lipinski definition) is 2. The van der Waals surface area contributed by atoms with Gasteiger partial charge in [0, 0.05) is 39.8 Å². The van der Waals surface area contributed by atoms with Crippen LogP contribution < -0.4 is 20.9 Å². The highest BCUT2D eigenvalue weighted by molar-refractivity contribution is 5.45. The van der Waals surface area contributed by atoms with Gasteiger partial charge in [-0.3, -0.25) is 0 Å². The van der Waals surface area contributed by atoms with Crippen LogP contribution in [0.1, 0.15) is 5.56 Å². The number of anilines is 3. The van der Waals surface area contributed by atoms with Crippen molar-refractivity contribution in [3.05, 3.63) is 35.9 Å². The summed E-state index contributed by atoms with van der Waals surface area (Å²) in [6.07, 6.45) is 0. The molecule has 1 saturated heterocycles. The lowest BCUT2D eigenvalue weighted by molar-refractivity contribution is 0.0547. The number of nitrogens with one attached hydrogen (secondary N) is 1. The SMILES string of the molecule is CN(Cc1ccccc1)c1nc(NCCOCCOCCN)nc(N2CCOCC2)n1. The Morgan fingerprint density at radius 1 is 1.03 bits per heavy atom. The van der Waals surface area contributed by atoms with Crippen molar-refractivity contribution in [3.63, 3.8) is 0 Å². The summed E-state index contributed by atoms with van der Waals surface area (Å²) in [5.41, 5.74) is 6.58. The molecule has 0 amide bonds. The maximum absolute atomic E-state index is 5.57. The van der Waals surface area contributed by atoms with Gasteiger partial charge in [0.2, 0.25) is 17.8 Å². The van der Waals surface area contributed by atoms with E-state index in [9.17, 15) is 0 Å². The van der Waals surface area contributed by atoms with Crippen LogP contribution in [0.5, 0.6) is 0 Å². The van der Waals surface area contributed by atoms with E-state index in [1.54, 1.807) is 0 Å². The van der Waals surface area contributed by atoms with E-state index >= 15 is 0 Å². The molecular formula is C21H33N7O3. The molecule has 1 fully saturated rings. The molecular weight excluding hydrogens is 398 g/mol. The molecule has 2 heterocycles. The molecule has 0 aliphatic carbocycles. The Balaban J connectivity index is 1.61. The third-order valence-electron chi connectivity index (χ3n) is 4.67. The number of rotatable bonds is 13. The van der Waals surface area contributed by atoms with Gasteiger partial charge in [0.25, 0.3) is 0 Å². The van der Waals surface area contributed by atoms with Crippen molar-refractivity contribution >= 4 is 17.8 Å². The minimum atomic E-state index is 0.521. The predicted octanol–water partition coefficient (Wildman–Crippen LogP) is 0.748. The van der Waals surface area contributed by atoms with Crippen LogP contribution in [-0.2, 0) is 20.8 Å². The Morgan fingerprint density at radius 2 is 1.77 bits per heavy atom. The van der Waals surface area contributed by atoms with Crippen molar-refractivity contribution in [1.29, 1.82) is 0 Å². The number of aromatic nitrogens is 3. The zero-order valence-corrected chi connectivity index (χ0v) is 18.2. The van der Waals surface area contributed by atoms with E-state index in [0.717, 1.165) is 13.1 Å². The Labute approximate surface area is 183 Å². The molecule has 0 unspecified atom stereocenters. The highest BCUT2D eigenvalue weighted by Crippen LogP contribution is 2.18. The van der Waals surface area contributed by atoms with E-state index in [2.05, 4.69) is 32.3 Å². The first-order valence-electron chi connectivity index (χ1n) is 10.7. The van der Waals surface area contributed by atoms with Gasteiger partial charge >= 0.3 is 0 Å². The lowest BCUT2D eigenvalue weighted by Crippen LogP contribution is -2.38. The molecule has 0 spiro atoms. The van der Waals surface area contributed by atoms with E-state index < -0.39 is 0 Å². The fourth-order valence-corrected chi connectivity index (χ4v) is 3.08. The minimum absolute atomic E-state index is 0.521.